The number of rotatable bonds is 3. The lowest BCUT2D eigenvalue weighted by molar-refractivity contribution is 0.242. The highest BCUT2D eigenvalue weighted by Crippen LogP contribution is 2.30. The summed E-state index contributed by atoms with van der Waals surface area (Å²) in [5.41, 5.74) is -0.0590. The minimum Gasteiger partial charge on any atom is -0.506 e. The van der Waals surface area contributed by atoms with Gasteiger partial charge in [0, 0.05) is 44.4 Å². The Morgan fingerprint density at radius 2 is 2.00 bits per heavy atom. The predicted octanol–water partition coefficient (Wildman–Crippen LogP) is 1.77. The Bertz CT molecular complexity index is 437. The summed E-state index contributed by atoms with van der Waals surface area (Å²) in [7, 11) is 0. The van der Waals surface area contributed by atoms with E-state index in [1.54, 1.807) is 0 Å². The predicted molar refractivity (Wildman–Crippen MR) is 66.0 cm³/mol. The summed E-state index contributed by atoms with van der Waals surface area (Å²) in [5, 5.41) is 12.0. The monoisotopic (exact) mass is 276 g/mol. The Hall–Kier alpha value is -0.910. The molecule has 0 unspecified atom stereocenters. The Morgan fingerprint density at radius 3 is 2.67 bits per heavy atom. The second-order valence-electron chi connectivity index (χ2n) is 4.33. The van der Waals surface area contributed by atoms with Gasteiger partial charge in [0.2, 0.25) is 0 Å². The molecular formula is C12H15ClF2N2O. The van der Waals surface area contributed by atoms with Crippen LogP contribution in [0.4, 0.5) is 8.78 Å². The van der Waals surface area contributed by atoms with E-state index in [4.69, 9.17) is 11.6 Å². The molecule has 1 saturated heterocycles. The second-order valence-corrected chi connectivity index (χ2v) is 4.70. The zero-order chi connectivity index (χ0) is 13.1. The van der Waals surface area contributed by atoms with Crippen LogP contribution in [0.5, 0.6) is 5.75 Å². The number of phenols is 1. The standard InChI is InChI=1S/C12H15ClF2N2O/c13-11-10(18)7-9(14)8(12(11)15)1-4-17-5-2-16-3-6-17/h7,16,18H,1-6H2. The van der Waals surface area contributed by atoms with Crippen molar-refractivity contribution < 1.29 is 13.9 Å². The van der Waals surface area contributed by atoms with E-state index in [2.05, 4.69) is 10.2 Å². The van der Waals surface area contributed by atoms with Crippen molar-refractivity contribution in [1.82, 2.24) is 10.2 Å². The van der Waals surface area contributed by atoms with E-state index < -0.39 is 22.4 Å². The van der Waals surface area contributed by atoms with E-state index in [1.807, 2.05) is 0 Å². The molecule has 0 spiro atoms. The summed E-state index contributed by atoms with van der Waals surface area (Å²) in [4.78, 5) is 2.14. The summed E-state index contributed by atoms with van der Waals surface area (Å²) < 4.78 is 27.3. The molecule has 0 atom stereocenters. The minimum absolute atomic E-state index is 0.0590. The van der Waals surface area contributed by atoms with Crippen LogP contribution in [0.25, 0.3) is 0 Å². The molecule has 1 aliphatic heterocycles. The van der Waals surface area contributed by atoms with Crippen molar-refractivity contribution in [1.29, 1.82) is 0 Å². The highest BCUT2D eigenvalue weighted by Gasteiger charge is 2.18. The van der Waals surface area contributed by atoms with E-state index in [0.29, 0.717) is 6.54 Å². The molecule has 0 radical (unpaired) electrons. The largest absolute Gasteiger partial charge is 0.506 e. The lowest BCUT2D eigenvalue weighted by atomic mass is 10.1. The molecule has 2 rings (SSSR count). The Kier molecular flexibility index (Phi) is 4.37. The Balaban J connectivity index is 2.06. The highest BCUT2D eigenvalue weighted by molar-refractivity contribution is 6.32. The molecule has 18 heavy (non-hydrogen) atoms. The summed E-state index contributed by atoms with van der Waals surface area (Å²) in [5.74, 6) is -2.16. The molecule has 0 bridgehead atoms. The van der Waals surface area contributed by atoms with Crippen molar-refractivity contribution in [3.05, 3.63) is 28.3 Å². The quantitative estimate of drug-likeness (QED) is 0.826. The number of phenolic OH excluding ortho intramolecular Hbond substituents is 1. The van der Waals surface area contributed by atoms with Crippen LogP contribution in [0, 0.1) is 11.6 Å². The van der Waals surface area contributed by atoms with E-state index in [1.165, 1.54) is 0 Å². The third-order valence-corrected chi connectivity index (χ3v) is 3.48. The maximum Gasteiger partial charge on any atom is 0.151 e. The highest BCUT2D eigenvalue weighted by atomic mass is 35.5. The van der Waals surface area contributed by atoms with E-state index in [-0.39, 0.29) is 12.0 Å². The molecule has 2 N–H and O–H groups in total. The fourth-order valence-electron chi connectivity index (χ4n) is 2.05. The van der Waals surface area contributed by atoms with Gasteiger partial charge in [-0.3, -0.25) is 0 Å². The van der Waals surface area contributed by atoms with Crippen LogP contribution in [-0.2, 0) is 6.42 Å². The number of piperazine rings is 1. The lowest BCUT2D eigenvalue weighted by Gasteiger charge is -2.27. The van der Waals surface area contributed by atoms with Gasteiger partial charge in [0.05, 0.1) is 0 Å². The molecule has 1 aromatic carbocycles. The first-order chi connectivity index (χ1) is 8.59. The average molecular weight is 277 g/mol. The van der Waals surface area contributed by atoms with E-state index >= 15 is 0 Å². The SMILES string of the molecule is Oc1cc(F)c(CCN2CCNCC2)c(F)c1Cl. The van der Waals surface area contributed by atoms with Gasteiger partial charge in [-0.1, -0.05) is 11.6 Å². The van der Waals surface area contributed by atoms with Crippen molar-refractivity contribution in [3.8, 4) is 5.75 Å². The van der Waals surface area contributed by atoms with Crippen molar-refractivity contribution >= 4 is 11.6 Å². The maximum absolute atomic E-state index is 13.7. The van der Waals surface area contributed by atoms with Gasteiger partial charge in [-0.05, 0) is 6.42 Å². The normalized spacial score (nSPS) is 17.1. The number of halogens is 3. The molecule has 0 amide bonds. The Morgan fingerprint density at radius 1 is 1.33 bits per heavy atom. The van der Waals surface area contributed by atoms with Gasteiger partial charge in [0.25, 0.3) is 0 Å². The van der Waals surface area contributed by atoms with Crippen LogP contribution in [0.3, 0.4) is 0 Å². The topological polar surface area (TPSA) is 35.5 Å². The minimum atomic E-state index is -0.857. The average Bonchev–Trinajstić information content (AvgIpc) is 2.37. The van der Waals surface area contributed by atoms with Crippen LogP contribution in [0.15, 0.2) is 6.07 Å². The first-order valence-electron chi connectivity index (χ1n) is 5.88. The van der Waals surface area contributed by atoms with Gasteiger partial charge >= 0.3 is 0 Å². The number of hydrogen-bond acceptors (Lipinski definition) is 3. The van der Waals surface area contributed by atoms with Gasteiger partial charge in [-0.25, -0.2) is 8.78 Å². The molecule has 0 saturated carbocycles. The van der Waals surface area contributed by atoms with Gasteiger partial charge in [-0.15, -0.1) is 0 Å². The third-order valence-electron chi connectivity index (χ3n) is 3.12. The second kappa shape index (κ2) is 5.82. The van der Waals surface area contributed by atoms with E-state index in [9.17, 15) is 13.9 Å². The van der Waals surface area contributed by atoms with Crippen molar-refractivity contribution in [2.24, 2.45) is 0 Å². The number of aromatic hydroxyl groups is 1. The molecule has 3 nitrogen and oxygen atoms in total. The van der Waals surface area contributed by atoms with Crippen LogP contribution >= 0.6 is 11.6 Å². The molecule has 100 valence electrons. The summed E-state index contributed by atoms with van der Waals surface area (Å²) in [6, 6.07) is 0.860. The zero-order valence-electron chi connectivity index (χ0n) is 9.85. The smallest absolute Gasteiger partial charge is 0.151 e. The molecule has 0 aromatic heterocycles. The molecule has 1 aliphatic rings. The van der Waals surface area contributed by atoms with Crippen LogP contribution in [0.2, 0.25) is 5.02 Å². The number of nitrogens with one attached hydrogen (secondary N) is 1. The first-order valence-corrected chi connectivity index (χ1v) is 6.26. The van der Waals surface area contributed by atoms with Crippen LogP contribution in [0.1, 0.15) is 5.56 Å². The van der Waals surface area contributed by atoms with Crippen molar-refractivity contribution in [3.63, 3.8) is 0 Å². The van der Waals surface area contributed by atoms with Gasteiger partial charge < -0.3 is 15.3 Å². The molecule has 1 heterocycles. The molecular weight excluding hydrogens is 262 g/mol. The summed E-state index contributed by atoms with van der Waals surface area (Å²) >= 11 is 5.56. The molecule has 1 aromatic rings. The first kappa shape index (κ1) is 13.5. The number of nitrogens with zero attached hydrogens (tertiary/aromatic N) is 1. The summed E-state index contributed by atoms with van der Waals surface area (Å²) in [6.45, 7) is 4.10. The lowest BCUT2D eigenvalue weighted by Crippen LogP contribution is -2.44. The number of benzene rings is 1. The fourth-order valence-corrected chi connectivity index (χ4v) is 2.22. The maximum atomic E-state index is 13.7. The van der Waals surface area contributed by atoms with Crippen LogP contribution in [-0.4, -0.2) is 42.7 Å². The number of hydrogen-bond donors (Lipinski definition) is 2. The fraction of sp³-hybridized carbons (Fsp3) is 0.500. The summed E-state index contributed by atoms with van der Waals surface area (Å²) in [6.07, 6.45) is 0.248. The Labute approximate surface area is 109 Å². The molecule has 1 fully saturated rings. The van der Waals surface area contributed by atoms with Gasteiger partial charge in [0.1, 0.15) is 16.6 Å². The van der Waals surface area contributed by atoms with E-state index in [0.717, 1.165) is 32.2 Å². The zero-order valence-corrected chi connectivity index (χ0v) is 10.6. The molecule has 6 heteroatoms. The van der Waals surface area contributed by atoms with Crippen molar-refractivity contribution in [2.45, 2.75) is 6.42 Å². The van der Waals surface area contributed by atoms with Crippen molar-refractivity contribution in [2.75, 3.05) is 32.7 Å². The van der Waals surface area contributed by atoms with Gasteiger partial charge in [-0.2, -0.15) is 0 Å². The third kappa shape index (κ3) is 2.91. The molecule has 0 aliphatic carbocycles. The van der Waals surface area contributed by atoms with Gasteiger partial charge in [0.15, 0.2) is 5.82 Å². The van der Waals surface area contributed by atoms with Crippen LogP contribution < -0.4 is 5.32 Å².